The molecule has 0 amide bonds. The molecule has 3 aromatic rings. The Morgan fingerprint density at radius 1 is 1.41 bits per heavy atom. The Labute approximate surface area is 158 Å². The van der Waals surface area contributed by atoms with Crippen molar-refractivity contribution in [3.05, 3.63) is 36.8 Å². The van der Waals surface area contributed by atoms with Crippen molar-refractivity contribution in [2.45, 2.75) is 38.6 Å². The molecule has 0 spiro atoms. The first-order valence-corrected chi connectivity index (χ1v) is 9.21. The van der Waals surface area contributed by atoms with Crippen molar-refractivity contribution in [1.29, 1.82) is 0 Å². The lowest BCUT2D eigenvalue weighted by Crippen LogP contribution is -2.54. The van der Waals surface area contributed by atoms with Crippen LogP contribution >= 0.6 is 0 Å². The van der Waals surface area contributed by atoms with Crippen molar-refractivity contribution in [1.82, 2.24) is 25.1 Å². The molecule has 0 bridgehead atoms. The molecule has 0 aromatic carbocycles. The second-order valence-corrected chi connectivity index (χ2v) is 7.66. The van der Waals surface area contributed by atoms with Crippen LogP contribution in [0.5, 0.6) is 5.88 Å². The van der Waals surface area contributed by atoms with E-state index in [-0.39, 0.29) is 17.8 Å². The van der Waals surface area contributed by atoms with Gasteiger partial charge in [-0.3, -0.25) is 9.67 Å². The molecule has 27 heavy (non-hydrogen) atoms. The Bertz CT molecular complexity index is 952. The highest BCUT2D eigenvalue weighted by molar-refractivity contribution is 5.86. The number of nitrogens with zero attached hydrogens (tertiary/aromatic N) is 4. The van der Waals surface area contributed by atoms with Crippen LogP contribution in [0.2, 0.25) is 0 Å². The molecule has 1 aliphatic heterocycles. The molecule has 0 aliphatic carbocycles. The molecule has 0 saturated carbocycles. The van der Waals surface area contributed by atoms with Crippen LogP contribution < -0.4 is 10.1 Å². The molecule has 1 N–H and O–H groups in total. The highest BCUT2D eigenvalue weighted by atomic mass is 16.6. The van der Waals surface area contributed by atoms with Gasteiger partial charge in [0.05, 0.1) is 28.4 Å². The zero-order valence-electron chi connectivity index (χ0n) is 16.1. The van der Waals surface area contributed by atoms with Crippen LogP contribution in [0.1, 0.15) is 20.8 Å². The number of ether oxygens (including phenoxy) is 2. The Kier molecular flexibility index (Phi) is 4.57. The van der Waals surface area contributed by atoms with Gasteiger partial charge >= 0.3 is 0 Å². The van der Waals surface area contributed by atoms with Crippen molar-refractivity contribution >= 4 is 10.9 Å². The molecular formula is C20H25N5O2. The van der Waals surface area contributed by atoms with Gasteiger partial charge < -0.3 is 14.8 Å². The first-order valence-electron chi connectivity index (χ1n) is 9.21. The summed E-state index contributed by atoms with van der Waals surface area (Å²) in [5, 5.41) is 8.55. The van der Waals surface area contributed by atoms with Crippen LogP contribution in [-0.4, -0.2) is 50.6 Å². The summed E-state index contributed by atoms with van der Waals surface area (Å²) in [5.74, 6) is 0.568. The van der Waals surface area contributed by atoms with Crippen LogP contribution in [0.4, 0.5) is 0 Å². The highest BCUT2D eigenvalue weighted by Gasteiger charge is 2.32. The average Bonchev–Trinajstić information content (AvgIpc) is 3.07. The third-order valence-corrected chi connectivity index (χ3v) is 4.75. The van der Waals surface area contributed by atoms with E-state index in [2.05, 4.69) is 29.2 Å². The number of aromatic nitrogens is 4. The number of hydrogen-bond acceptors (Lipinski definition) is 6. The molecule has 1 fully saturated rings. The second kappa shape index (κ2) is 6.90. The van der Waals surface area contributed by atoms with E-state index in [0.717, 1.165) is 35.2 Å². The van der Waals surface area contributed by atoms with Gasteiger partial charge in [0.1, 0.15) is 12.2 Å². The van der Waals surface area contributed by atoms with Crippen LogP contribution in [0.15, 0.2) is 36.8 Å². The third-order valence-electron chi connectivity index (χ3n) is 4.75. The largest absolute Gasteiger partial charge is 0.471 e. The van der Waals surface area contributed by atoms with E-state index in [4.69, 9.17) is 14.5 Å². The molecule has 7 heteroatoms. The maximum absolute atomic E-state index is 6.29. The smallest absolute Gasteiger partial charge is 0.223 e. The van der Waals surface area contributed by atoms with E-state index in [1.165, 1.54) is 0 Å². The van der Waals surface area contributed by atoms with Gasteiger partial charge in [-0.05, 0) is 39.0 Å². The fourth-order valence-electron chi connectivity index (χ4n) is 3.36. The number of rotatable bonds is 4. The molecular weight excluding hydrogens is 342 g/mol. The Morgan fingerprint density at radius 2 is 2.26 bits per heavy atom. The summed E-state index contributed by atoms with van der Waals surface area (Å²) in [6.45, 7) is 7.77. The van der Waals surface area contributed by atoms with E-state index in [1.807, 2.05) is 38.4 Å². The number of pyridine rings is 2. The summed E-state index contributed by atoms with van der Waals surface area (Å²) < 4.78 is 14.2. The molecule has 2 atom stereocenters. The maximum atomic E-state index is 6.29. The van der Waals surface area contributed by atoms with E-state index < -0.39 is 0 Å². The lowest BCUT2D eigenvalue weighted by molar-refractivity contribution is -0.127. The van der Waals surface area contributed by atoms with Crippen molar-refractivity contribution in [2.24, 2.45) is 7.05 Å². The monoisotopic (exact) mass is 367 g/mol. The van der Waals surface area contributed by atoms with E-state index in [9.17, 15) is 0 Å². The van der Waals surface area contributed by atoms with Crippen LogP contribution in [0, 0.1) is 0 Å². The lowest BCUT2D eigenvalue weighted by Gasteiger charge is -2.39. The average molecular weight is 367 g/mol. The van der Waals surface area contributed by atoms with Gasteiger partial charge in [-0.15, -0.1) is 0 Å². The van der Waals surface area contributed by atoms with Crippen molar-refractivity contribution in [3.8, 4) is 17.1 Å². The first-order chi connectivity index (χ1) is 12.9. The predicted octanol–water partition coefficient (Wildman–Crippen LogP) is 2.56. The Hall–Kier alpha value is -2.51. The molecule has 3 aromatic heterocycles. The van der Waals surface area contributed by atoms with E-state index in [1.54, 1.807) is 17.1 Å². The summed E-state index contributed by atoms with van der Waals surface area (Å²) >= 11 is 0. The lowest BCUT2D eigenvalue weighted by atomic mass is 10.1. The van der Waals surface area contributed by atoms with Crippen molar-refractivity contribution in [2.75, 3.05) is 13.1 Å². The molecule has 7 nitrogen and oxygen atoms in total. The molecule has 1 saturated heterocycles. The van der Waals surface area contributed by atoms with Gasteiger partial charge in [-0.1, -0.05) is 0 Å². The van der Waals surface area contributed by atoms with Gasteiger partial charge in [0.15, 0.2) is 0 Å². The van der Waals surface area contributed by atoms with E-state index >= 15 is 0 Å². The minimum Gasteiger partial charge on any atom is -0.471 e. The molecule has 4 heterocycles. The highest BCUT2D eigenvalue weighted by Crippen LogP contribution is 2.29. The topological polar surface area (TPSA) is 74.1 Å². The predicted molar refractivity (Wildman–Crippen MR) is 104 cm³/mol. The summed E-state index contributed by atoms with van der Waals surface area (Å²) in [7, 11) is 1.89. The molecule has 142 valence electrons. The van der Waals surface area contributed by atoms with E-state index in [0.29, 0.717) is 5.88 Å². The second-order valence-electron chi connectivity index (χ2n) is 7.66. The van der Waals surface area contributed by atoms with Crippen molar-refractivity contribution in [3.63, 3.8) is 0 Å². The summed E-state index contributed by atoms with van der Waals surface area (Å²) in [6.07, 6.45) is 5.29. The number of hydrogen-bond donors (Lipinski definition) is 1. The first kappa shape index (κ1) is 17.9. The summed E-state index contributed by atoms with van der Waals surface area (Å²) in [5.41, 5.74) is 2.35. The summed E-state index contributed by atoms with van der Waals surface area (Å²) in [6, 6.07) is 5.84. The minimum atomic E-state index is -0.213. The van der Waals surface area contributed by atoms with Gasteiger partial charge in [-0.2, -0.15) is 5.10 Å². The Balaban J connectivity index is 1.67. The molecule has 1 aliphatic rings. The van der Waals surface area contributed by atoms with Gasteiger partial charge in [-0.25, -0.2) is 4.98 Å². The zero-order valence-corrected chi connectivity index (χ0v) is 16.1. The SMILES string of the molecule is C[C@@H](Oc1nc(-c2cnn(C)c2)cc2ncccc12)[C@@H]1CNCC(C)(C)O1. The zero-order chi connectivity index (χ0) is 19.0. The number of morpholine rings is 1. The standard InChI is InChI=1S/C20H25N5O2/c1-13(18-10-21-12-20(2,3)27-18)26-19-15-6-5-7-22-17(15)8-16(24-19)14-9-23-25(4)11-14/h5-9,11,13,18,21H,10,12H2,1-4H3/t13-,18+/m1/s1. The maximum Gasteiger partial charge on any atom is 0.223 e. The number of aryl methyl sites for hydroxylation is 1. The van der Waals surface area contributed by atoms with Crippen LogP contribution in [-0.2, 0) is 11.8 Å². The van der Waals surface area contributed by atoms with Crippen molar-refractivity contribution < 1.29 is 9.47 Å². The molecule has 0 radical (unpaired) electrons. The number of nitrogens with one attached hydrogen (secondary N) is 1. The normalized spacial score (nSPS) is 20.5. The summed E-state index contributed by atoms with van der Waals surface area (Å²) in [4.78, 5) is 9.25. The van der Waals surface area contributed by atoms with Crippen LogP contribution in [0.25, 0.3) is 22.2 Å². The van der Waals surface area contributed by atoms with Crippen LogP contribution in [0.3, 0.4) is 0 Å². The fraction of sp³-hybridized carbons (Fsp3) is 0.450. The number of fused-ring (bicyclic) bond motifs is 1. The quantitative estimate of drug-likeness (QED) is 0.764. The minimum absolute atomic E-state index is 0.0516. The Morgan fingerprint density at radius 3 is 3.00 bits per heavy atom. The van der Waals surface area contributed by atoms with Gasteiger partial charge in [0, 0.05) is 38.1 Å². The molecule has 4 rings (SSSR count). The molecule has 0 unspecified atom stereocenters. The fourth-order valence-corrected chi connectivity index (χ4v) is 3.36. The third kappa shape index (κ3) is 3.79. The van der Waals surface area contributed by atoms with Gasteiger partial charge in [0.25, 0.3) is 0 Å². The van der Waals surface area contributed by atoms with Gasteiger partial charge in [0.2, 0.25) is 5.88 Å².